The van der Waals surface area contributed by atoms with E-state index in [4.69, 9.17) is 5.11 Å². The van der Waals surface area contributed by atoms with Crippen LogP contribution in [0.25, 0.3) is 10.9 Å². The van der Waals surface area contributed by atoms with Gasteiger partial charge in [-0.2, -0.15) is 0 Å². The number of aromatic nitrogens is 2. The third-order valence-electron chi connectivity index (χ3n) is 2.02. The van der Waals surface area contributed by atoms with Gasteiger partial charge in [0.25, 0.3) is 0 Å². The number of hydrogen-bond acceptors (Lipinski definition) is 4. The van der Waals surface area contributed by atoms with Crippen LogP contribution in [0.2, 0.25) is 0 Å². The minimum Gasteiger partial charge on any atom is -0.477 e. The predicted octanol–water partition coefficient (Wildman–Crippen LogP) is 1.05. The van der Waals surface area contributed by atoms with Crippen LogP contribution in [0.1, 0.15) is 10.5 Å². The minimum absolute atomic E-state index is 0. The molecule has 0 fully saturated rings. The second-order valence-corrected chi connectivity index (χ2v) is 5.27. The van der Waals surface area contributed by atoms with Crippen molar-refractivity contribution in [3.8, 4) is 0 Å². The van der Waals surface area contributed by atoms with E-state index in [0.29, 0.717) is 10.9 Å². The average molecular weight is 292 g/mol. The summed E-state index contributed by atoms with van der Waals surface area (Å²) in [6.07, 6.45) is 2.40. The number of aromatic carboxylic acids is 1. The molecule has 0 aliphatic rings. The van der Waals surface area contributed by atoms with E-state index in [-0.39, 0.29) is 23.9 Å². The Bertz CT molecular complexity index is 695. The lowest BCUT2D eigenvalue weighted by Crippen LogP contribution is -2.10. The molecule has 0 aliphatic carbocycles. The minimum atomic E-state index is -3.40. The molecule has 98 valence electrons. The number of halogens is 1. The number of fused-ring (bicyclic) bond motifs is 1. The summed E-state index contributed by atoms with van der Waals surface area (Å²) in [7, 11) is -3.40. The van der Waals surface area contributed by atoms with Crippen molar-refractivity contribution in [1.82, 2.24) is 9.97 Å². The SMILES string of the molecule is CS(=O)(=O)Nc1cc2[nH]c(C(=O)O)cc2cn1.Cl. The van der Waals surface area contributed by atoms with Crippen molar-refractivity contribution >= 4 is 45.1 Å². The quantitative estimate of drug-likeness (QED) is 0.782. The molecule has 3 N–H and O–H groups in total. The monoisotopic (exact) mass is 291 g/mol. The van der Waals surface area contributed by atoms with Crippen molar-refractivity contribution in [2.75, 3.05) is 11.0 Å². The Morgan fingerprint density at radius 1 is 1.44 bits per heavy atom. The van der Waals surface area contributed by atoms with Gasteiger partial charge in [-0.15, -0.1) is 12.4 Å². The van der Waals surface area contributed by atoms with Crippen LogP contribution in [0, 0.1) is 0 Å². The van der Waals surface area contributed by atoms with Gasteiger partial charge in [-0.25, -0.2) is 18.2 Å². The molecule has 2 aromatic rings. The third-order valence-corrected chi connectivity index (χ3v) is 2.60. The summed E-state index contributed by atoms with van der Waals surface area (Å²) in [5, 5.41) is 9.38. The predicted molar refractivity (Wildman–Crippen MR) is 68.8 cm³/mol. The van der Waals surface area contributed by atoms with Crippen molar-refractivity contribution in [2.24, 2.45) is 0 Å². The molecule has 0 saturated heterocycles. The number of sulfonamides is 1. The van der Waals surface area contributed by atoms with Gasteiger partial charge in [-0.05, 0) is 6.07 Å². The van der Waals surface area contributed by atoms with E-state index in [0.717, 1.165) is 6.26 Å². The molecule has 0 spiro atoms. The number of rotatable bonds is 3. The molecule has 0 atom stereocenters. The molecule has 0 amide bonds. The van der Waals surface area contributed by atoms with Gasteiger partial charge in [-0.3, -0.25) is 4.72 Å². The number of carbonyl (C=O) groups is 1. The zero-order valence-corrected chi connectivity index (χ0v) is 10.8. The number of hydrogen-bond donors (Lipinski definition) is 3. The fourth-order valence-electron chi connectivity index (χ4n) is 1.39. The number of nitrogens with one attached hydrogen (secondary N) is 2. The number of anilines is 1. The first-order chi connectivity index (χ1) is 7.85. The summed E-state index contributed by atoms with van der Waals surface area (Å²) < 4.78 is 24.2. The number of carboxylic acid groups (broad SMARTS) is 1. The highest BCUT2D eigenvalue weighted by Gasteiger charge is 2.09. The van der Waals surface area contributed by atoms with Gasteiger partial charge in [0.2, 0.25) is 10.0 Å². The Hall–Kier alpha value is -1.80. The summed E-state index contributed by atoms with van der Waals surface area (Å²) in [5.41, 5.74) is 0.529. The van der Waals surface area contributed by atoms with Gasteiger partial charge in [0.1, 0.15) is 11.5 Å². The highest BCUT2D eigenvalue weighted by Crippen LogP contribution is 2.18. The van der Waals surface area contributed by atoms with E-state index in [1.54, 1.807) is 0 Å². The average Bonchev–Trinajstić information content (AvgIpc) is 2.57. The number of pyridine rings is 1. The smallest absolute Gasteiger partial charge is 0.352 e. The molecule has 18 heavy (non-hydrogen) atoms. The van der Waals surface area contributed by atoms with Crippen LogP contribution < -0.4 is 4.72 Å². The molecule has 0 aromatic carbocycles. The van der Waals surface area contributed by atoms with Crippen LogP contribution in [0.15, 0.2) is 18.3 Å². The molecule has 0 aliphatic heterocycles. The first-order valence-corrected chi connectivity index (χ1v) is 6.44. The molecule has 0 radical (unpaired) electrons. The number of nitrogens with zero attached hydrogens (tertiary/aromatic N) is 1. The van der Waals surface area contributed by atoms with Crippen LogP contribution >= 0.6 is 12.4 Å². The maximum atomic E-state index is 11.0. The highest BCUT2D eigenvalue weighted by molar-refractivity contribution is 7.92. The Kier molecular flexibility index (Phi) is 3.82. The number of H-pyrrole nitrogens is 1. The zero-order valence-electron chi connectivity index (χ0n) is 9.17. The second kappa shape index (κ2) is 4.83. The van der Waals surface area contributed by atoms with Crippen molar-refractivity contribution < 1.29 is 18.3 Å². The maximum absolute atomic E-state index is 11.0. The summed E-state index contributed by atoms with van der Waals surface area (Å²) in [6.45, 7) is 0. The summed E-state index contributed by atoms with van der Waals surface area (Å²) in [4.78, 5) is 17.2. The molecule has 9 heteroatoms. The molecular weight excluding hydrogens is 282 g/mol. The van der Waals surface area contributed by atoms with E-state index in [9.17, 15) is 13.2 Å². The van der Waals surface area contributed by atoms with E-state index < -0.39 is 16.0 Å². The number of carboxylic acids is 1. The molecule has 0 saturated carbocycles. The summed E-state index contributed by atoms with van der Waals surface area (Å²) >= 11 is 0. The third kappa shape index (κ3) is 3.11. The molecule has 0 unspecified atom stereocenters. The van der Waals surface area contributed by atoms with Crippen LogP contribution in [0.4, 0.5) is 5.82 Å². The molecule has 0 bridgehead atoms. The molecular formula is C9H10ClN3O4S. The van der Waals surface area contributed by atoms with Crippen LogP contribution in [0.5, 0.6) is 0 Å². The van der Waals surface area contributed by atoms with Gasteiger partial charge >= 0.3 is 5.97 Å². The first-order valence-electron chi connectivity index (χ1n) is 4.55. The maximum Gasteiger partial charge on any atom is 0.352 e. The fraction of sp³-hybridized carbons (Fsp3) is 0.111. The summed E-state index contributed by atoms with van der Waals surface area (Å²) in [5.74, 6) is -0.947. The lowest BCUT2D eigenvalue weighted by atomic mass is 10.3. The van der Waals surface area contributed by atoms with Crippen molar-refractivity contribution in [3.05, 3.63) is 24.0 Å². The van der Waals surface area contributed by atoms with Crippen LogP contribution in [-0.4, -0.2) is 35.7 Å². The zero-order chi connectivity index (χ0) is 12.6. The normalized spacial score (nSPS) is 10.9. The van der Waals surface area contributed by atoms with Crippen molar-refractivity contribution in [1.29, 1.82) is 0 Å². The second-order valence-electron chi connectivity index (χ2n) is 3.52. The van der Waals surface area contributed by atoms with Crippen LogP contribution in [-0.2, 0) is 10.0 Å². The van der Waals surface area contributed by atoms with Gasteiger partial charge in [0.05, 0.1) is 11.8 Å². The van der Waals surface area contributed by atoms with Gasteiger partial charge < -0.3 is 10.1 Å². The Labute approximate surface area is 109 Å². The molecule has 7 nitrogen and oxygen atoms in total. The summed E-state index contributed by atoms with van der Waals surface area (Å²) in [6, 6.07) is 2.86. The van der Waals surface area contributed by atoms with Crippen molar-refractivity contribution in [2.45, 2.75) is 0 Å². The molecule has 2 rings (SSSR count). The standard InChI is InChI=1S/C9H9N3O4S.ClH/c1-17(15,16)12-8-3-6-5(4-10-8)2-7(11-6)9(13)14;/h2-4,11H,1H3,(H,10,12)(H,13,14);1H. The fourth-order valence-corrected chi connectivity index (χ4v) is 1.88. The first kappa shape index (κ1) is 14.3. The van der Waals surface area contributed by atoms with E-state index in [1.165, 1.54) is 18.3 Å². The van der Waals surface area contributed by atoms with E-state index in [1.807, 2.05) is 0 Å². The Morgan fingerprint density at radius 2 is 2.11 bits per heavy atom. The Morgan fingerprint density at radius 3 is 2.67 bits per heavy atom. The number of aromatic amines is 1. The van der Waals surface area contributed by atoms with Crippen molar-refractivity contribution in [3.63, 3.8) is 0 Å². The van der Waals surface area contributed by atoms with Gasteiger partial charge in [0, 0.05) is 17.6 Å². The Balaban J connectivity index is 0.00000162. The lowest BCUT2D eigenvalue weighted by Gasteiger charge is -2.01. The van der Waals surface area contributed by atoms with Crippen LogP contribution in [0.3, 0.4) is 0 Å². The largest absolute Gasteiger partial charge is 0.477 e. The lowest BCUT2D eigenvalue weighted by molar-refractivity contribution is 0.0691. The van der Waals surface area contributed by atoms with E-state index >= 15 is 0 Å². The topological polar surface area (TPSA) is 112 Å². The molecule has 2 heterocycles. The van der Waals surface area contributed by atoms with E-state index in [2.05, 4.69) is 14.7 Å². The molecule has 2 aromatic heterocycles. The van der Waals surface area contributed by atoms with Gasteiger partial charge in [0.15, 0.2) is 0 Å². The van der Waals surface area contributed by atoms with Gasteiger partial charge in [-0.1, -0.05) is 0 Å². The highest BCUT2D eigenvalue weighted by atomic mass is 35.5.